The van der Waals surface area contributed by atoms with E-state index in [1.165, 1.54) is 12.1 Å². The molecule has 1 aromatic heterocycles. The second-order valence-electron chi connectivity index (χ2n) is 8.95. The molecule has 1 aromatic carbocycles. The van der Waals surface area contributed by atoms with Crippen LogP contribution in [0, 0.1) is 11.6 Å². The van der Waals surface area contributed by atoms with Crippen LogP contribution in [0.4, 0.5) is 14.5 Å². The van der Waals surface area contributed by atoms with Gasteiger partial charge in [-0.25, -0.2) is 8.78 Å². The first-order valence-electron chi connectivity index (χ1n) is 11.7. The fourth-order valence-corrected chi connectivity index (χ4v) is 5.09. The molecular formula is C25H32F2N4O. The lowest BCUT2D eigenvalue weighted by atomic mass is 9.95. The van der Waals surface area contributed by atoms with Gasteiger partial charge in [0.2, 0.25) is 0 Å². The van der Waals surface area contributed by atoms with E-state index in [2.05, 4.69) is 27.4 Å². The number of hydrogen-bond acceptors (Lipinski definition) is 4. The minimum Gasteiger partial charge on any atom is -0.368 e. The Kier molecular flexibility index (Phi) is 6.74. The number of aromatic nitrogens is 1. The number of nitrogens with one attached hydrogen (secondary N) is 2. The highest BCUT2D eigenvalue weighted by Gasteiger charge is 2.42. The largest absolute Gasteiger partial charge is 0.368 e. The SMILES string of the molecule is CCCCc1ncc(-c2cc(F)cc(F)c2)c(N2CCC3(CCCN3)C2)c1C(=O)NCC. The Balaban J connectivity index is 1.89. The van der Waals surface area contributed by atoms with Crippen LogP contribution in [0.3, 0.4) is 0 Å². The van der Waals surface area contributed by atoms with Crippen LogP contribution in [-0.4, -0.2) is 42.6 Å². The quantitative estimate of drug-likeness (QED) is 0.665. The summed E-state index contributed by atoms with van der Waals surface area (Å²) < 4.78 is 28.3. The van der Waals surface area contributed by atoms with Gasteiger partial charge in [-0.3, -0.25) is 9.78 Å². The molecule has 2 N–H and O–H groups in total. The second-order valence-corrected chi connectivity index (χ2v) is 8.95. The lowest BCUT2D eigenvalue weighted by Crippen LogP contribution is -2.42. The first-order chi connectivity index (χ1) is 15.5. The Morgan fingerprint density at radius 1 is 1.22 bits per heavy atom. The van der Waals surface area contributed by atoms with Gasteiger partial charge in [0.25, 0.3) is 5.91 Å². The molecule has 2 fully saturated rings. The molecule has 4 rings (SSSR count). The molecule has 2 aromatic rings. The summed E-state index contributed by atoms with van der Waals surface area (Å²) in [5.74, 6) is -1.47. The number of carbonyl (C=O) groups excluding carboxylic acids is 1. The van der Waals surface area contributed by atoms with Crippen molar-refractivity contribution in [2.24, 2.45) is 0 Å². The van der Waals surface area contributed by atoms with E-state index < -0.39 is 11.6 Å². The molecule has 7 heteroatoms. The number of halogens is 2. The summed E-state index contributed by atoms with van der Waals surface area (Å²) in [6.07, 6.45) is 7.48. The van der Waals surface area contributed by atoms with E-state index >= 15 is 0 Å². The monoisotopic (exact) mass is 442 g/mol. The van der Waals surface area contributed by atoms with Gasteiger partial charge >= 0.3 is 0 Å². The maximum Gasteiger partial charge on any atom is 0.255 e. The Morgan fingerprint density at radius 3 is 2.66 bits per heavy atom. The molecule has 5 nitrogen and oxygen atoms in total. The fraction of sp³-hybridized carbons (Fsp3) is 0.520. The fourth-order valence-electron chi connectivity index (χ4n) is 5.09. The molecule has 0 bridgehead atoms. The zero-order valence-corrected chi connectivity index (χ0v) is 18.9. The van der Waals surface area contributed by atoms with Gasteiger partial charge in [-0.2, -0.15) is 0 Å². The first kappa shape index (κ1) is 22.6. The zero-order valence-electron chi connectivity index (χ0n) is 18.9. The smallest absolute Gasteiger partial charge is 0.255 e. The summed E-state index contributed by atoms with van der Waals surface area (Å²) in [6, 6.07) is 3.50. The van der Waals surface area contributed by atoms with Gasteiger partial charge in [0, 0.05) is 43.0 Å². The molecule has 1 atom stereocenters. The maximum atomic E-state index is 14.1. The lowest BCUT2D eigenvalue weighted by Gasteiger charge is -2.29. The normalized spacial score (nSPS) is 20.3. The number of unbranched alkanes of at least 4 members (excludes halogenated alkanes) is 1. The average Bonchev–Trinajstić information content (AvgIpc) is 3.40. The van der Waals surface area contributed by atoms with Gasteiger partial charge in [-0.15, -0.1) is 0 Å². The summed E-state index contributed by atoms with van der Waals surface area (Å²) in [7, 11) is 0. The van der Waals surface area contributed by atoms with Gasteiger partial charge < -0.3 is 15.5 Å². The van der Waals surface area contributed by atoms with Crippen LogP contribution in [0.5, 0.6) is 0 Å². The summed E-state index contributed by atoms with van der Waals surface area (Å²) in [4.78, 5) is 20.1. The minimum absolute atomic E-state index is 0.0375. The molecular weight excluding hydrogens is 410 g/mol. The molecule has 2 aliphatic heterocycles. The van der Waals surface area contributed by atoms with Crippen molar-refractivity contribution < 1.29 is 13.6 Å². The summed E-state index contributed by atoms with van der Waals surface area (Å²) in [6.45, 7) is 7.03. The molecule has 3 heterocycles. The Morgan fingerprint density at radius 2 is 2.00 bits per heavy atom. The third kappa shape index (κ3) is 4.49. The van der Waals surface area contributed by atoms with E-state index in [1.807, 2.05) is 6.92 Å². The van der Waals surface area contributed by atoms with Crippen molar-refractivity contribution in [2.75, 3.05) is 31.1 Å². The standard InChI is InChI=1S/C25H32F2N4O/c1-3-5-7-21-22(24(32)28-4-2)23(31-11-9-25(16-31)8-6-10-30-25)20(15-29-21)17-12-18(26)14-19(27)13-17/h12-15,30H,3-11,16H2,1-2H3,(H,28,32). The van der Waals surface area contributed by atoms with Crippen molar-refractivity contribution in [3.05, 3.63) is 47.3 Å². The highest BCUT2D eigenvalue weighted by atomic mass is 19.1. The van der Waals surface area contributed by atoms with Crippen molar-refractivity contribution in [1.82, 2.24) is 15.6 Å². The van der Waals surface area contributed by atoms with Crippen molar-refractivity contribution in [3.8, 4) is 11.1 Å². The summed E-state index contributed by atoms with van der Waals surface area (Å²) >= 11 is 0. The topological polar surface area (TPSA) is 57.3 Å². The van der Waals surface area contributed by atoms with Gasteiger partial charge in [0.15, 0.2) is 0 Å². The number of nitrogens with zero attached hydrogens (tertiary/aromatic N) is 2. The van der Waals surface area contributed by atoms with Crippen LogP contribution < -0.4 is 15.5 Å². The van der Waals surface area contributed by atoms with Crippen LogP contribution >= 0.6 is 0 Å². The molecule has 2 saturated heterocycles. The average molecular weight is 443 g/mol. The molecule has 0 saturated carbocycles. The van der Waals surface area contributed by atoms with E-state index in [0.29, 0.717) is 29.7 Å². The van der Waals surface area contributed by atoms with Crippen LogP contribution in [-0.2, 0) is 6.42 Å². The molecule has 2 aliphatic rings. The van der Waals surface area contributed by atoms with Gasteiger partial charge in [-0.05, 0) is 63.3 Å². The molecule has 1 amide bonds. The number of anilines is 1. The molecule has 32 heavy (non-hydrogen) atoms. The summed E-state index contributed by atoms with van der Waals surface area (Å²) in [5, 5.41) is 6.59. The molecule has 0 aliphatic carbocycles. The maximum absolute atomic E-state index is 14.1. The highest BCUT2D eigenvalue weighted by Crippen LogP contribution is 2.41. The van der Waals surface area contributed by atoms with E-state index in [-0.39, 0.29) is 11.4 Å². The Labute approximate surface area is 188 Å². The molecule has 0 radical (unpaired) electrons. The van der Waals surface area contributed by atoms with Gasteiger partial charge in [-0.1, -0.05) is 13.3 Å². The third-order valence-corrected chi connectivity index (χ3v) is 6.64. The molecule has 1 spiro atoms. The molecule has 1 unspecified atom stereocenters. The van der Waals surface area contributed by atoms with E-state index in [0.717, 1.165) is 69.2 Å². The zero-order chi connectivity index (χ0) is 22.7. The highest BCUT2D eigenvalue weighted by molar-refractivity contribution is 6.04. The molecule has 172 valence electrons. The van der Waals surface area contributed by atoms with E-state index in [1.54, 1.807) is 6.20 Å². The van der Waals surface area contributed by atoms with Gasteiger partial charge in [0.05, 0.1) is 16.9 Å². The number of rotatable bonds is 7. The van der Waals surface area contributed by atoms with Crippen LogP contribution in [0.25, 0.3) is 11.1 Å². The Bertz CT molecular complexity index is 968. The number of benzene rings is 1. The third-order valence-electron chi connectivity index (χ3n) is 6.64. The lowest BCUT2D eigenvalue weighted by molar-refractivity contribution is 0.0955. The van der Waals surface area contributed by atoms with Crippen LogP contribution in [0.1, 0.15) is 62.0 Å². The van der Waals surface area contributed by atoms with Crippen LogP contribution in [0.2, 0.25) is 0 Å². The number of carbonyl (C=O) groups is 1. The first-order valence-corrected chi connectivity index (χ1v) is 11.7. The predicted molar refractivity (Wildman–Crippen MR) is 123 cm³/mol. The number of aryl methyl sites for hydroxylation is 1. The van der Waals surface area contributed by atoms with Gasteiger partial charge in [0.1, 0.15) is 11.6 Å². The van der Waals surface area contributed by atoms with Crippen LogP contribution in [0.15, 0.2) is 24.4 Å². The number of amides is 1. The van der Waals surface area contributed by atoms with Crippen molar-refractivity contribution in [2.45, 2.75) is 57.9 Å². The van der Waals surface area contributed by atoms with Crippen molar-refractivity contribution in [3.63, 3.8) is 0 Å². The summed E-state index contributed by atoms with van der Waals surface area (Å²) in [5.41, 5.74) is 3.06. The van der Waals surface area contributed by atoms with E-state index in [4.69, 9.17) is 0 Å². The number of pyridine rings is 1. The van der Waals surface area contributed by atoms with E-state index in [9.17, 15) is 13.6 Å². The van der Waals surface area contributed by atoms with Crippen molar-refractivity contribution >= 4 is 11.6 Å². The number of hydrogen-bond donors (Lipinski definition) is 2. The Hall–Kier alpha value is -2.54. The van der Waals surface area contributed by atoms with Crippen molar-refractivity contribution in [1.29, 1.82) is 0 Å². The predicted octanol–water partition coefficient (Wildman–Crippen LogP) is 4.45. The second kappa shape index (κ2) is 9.53. The minimum atomic E-state index is -0.643.